The summed E-state index contributed by atoms with van der Waals surface area (Å²) in [5.41, 5.74) is 2.12. The second-order valence-corrected chi connectivity index (χ2v) is 2.72. The molecule has 0 saturated heterocycles. The molecule has 0 aromatic heterocycles. The maximum atomic E-state index is 8.58. The Morgan fingerprint density at radius 1 is 1.33 bits per heavy atom. The molecule has 1 radical (unpaired) electrons. The van der Waals surface area contributed by atoms with E-state index in [9.17, 15) is 0 Å². The summed E-state index contributed by atoms with van der Waals surface area (Å²) in [6.45, 7) is 4.34. The molecule has 0 atom stereocenters. The molecule has 1 aromatic rings. The lowest BCUT2D eigenvalue weighted by Crippen LogP contribution is -2.03. The Bertz CT molecular complexity index is 236. The van der Waals surface area contributed by atoms with Crippen molar-refractivity contribution in [2.24, 2.45) is 0 Å². The van der Waals surface area contributed by atoms with Gasteiger partial charge in [0.15, 0.2) is 0 Å². The fourth-order valence-electron chi connectivity index (χ4n) is 1.11. The van der Waals surface area contributed by atoms with E-state index in [1.807, 2.05) is 26.0 Å². The molecule has 0 aliphatic heterocycles. The van der Waals surface area contributed by atoms with E-state index in [1.165, 1.54) is 0 Å². The molecule has 0 amide bonds. The maximum Gasteiger partial charge on any atom is 0.125 e. The number of ether oxygens (including phenoxy) is 1. The third-order valence-corrected chi connectivity index (χ3v) is 1.65. The van der Waals surface area contributed by atoms with Gasteiger partial charge in [0.25, 0.3) is 0 Å². The summed E-state index contributed by atoms with van der Waals surface area (Å²) in [5, 5.41) is 8.58. The summed E-state index contributed by atoms with van der Waals surface area (Å²) >= 11 is 0. The van der Waals surface area contributed by atoms with Crippen LogP contribution in [0.25, 0.3) is 0 Å². The summed E-state index contributed by atoms with van der Waals surface area (Å²) < 4.78 is 5.35. The minimum absolute atomic E-state index is 0.0531. The molecule has 1 rings (SSSR count). The highest BCUT2D eigenvalue weighted by molar-refractivity contribution is 5.39. The van der Waals surface area contributed by atoms with Gasteiger partial charge in [0.2, 0.25) is 0 Å². The standard InChI is InChI=1S/C10H13O2/c1-8-4-3-5-9(2)10(8)12-7-6-11/h4-5,11H,6-7H2,1-2H3. The first-order chi connectivity index (χ1) is 5.75. The number of benzene rings is 1. The Morgan fingerprint density at radius 2 is 1.92 bits per heavy atom. The predicted octanol–water partition coefficient (Wildman–Crippen LogP) is 1.47. The Kier molecular flexibility index (Phi) is 3.11. The van der Waals surface area contributed by atoms with Crippen molar-refractivity contribution in [2.45, 2.75) is 13.8 Å². The Hall–Kier alpha value is -1.02. The van der Waals surface area contributed by atoms with E-state index in [-0.39, 0.29) is 6.61 Å². The average Bonchev–Trinajstić information content (AvgIpc) is 2.04. The van der Waals surface area contributed by atoms with Crippen LogP contribution in [0.2, 0.25) is 0 Å². The monoisotopic (exact) mass is 165 g/mol. The number of hydrogen-bond donors (Lipinski definition) is 1. The summed E-state index contributed by atoms with van der Waals surface area (Å²) in [6.07, 6.45) is 0. The van der Waals surface area contributed by atoms with Gasteiger partial charge in [-0.1, -0.05) is 0 Å². The predicted molar refractivity (Wildman–Crippen MR) is 47.3 cm³/mol. The molecular weight excluding hydrogens is 152 g/mol. The first-order valence-electron chi connectivity index (χ1n) is 3.96. The lowest BCUT2D eigenvalue weighted by Gasteiger charge is -2.09. The van der Waals surface area contributed by atoms with Crippen LogP contribution in [0.5, 0.6) is 5.75 Å². The van der Waals surface area contributed by atoms with Crippen molar-refractivity contribution in [2.75, 3.05) is 13.2 Å². The van der Waals surface area contributed by atoms with Gasteiger partial charge >= 0.3 is 0 Å². The number of aliphatic hydroxyl groups excluding tert-OH is 1. The second-order valence-electron chi connectivity index (χ2n) is 2.72. The van der Waals surface area contributed by atoms with E-state index >= 15 is 0 Å². The highest BCUT2D eigenvalue weighted by Crippen LogP contribution is 2.21. The zero-order valence-electron chi connectivity index (χ0n) is 7.42. The van der Waals surface area contributed by atoms with Crippen LogP contribution < -0.4 is 4.74 Å². The van der Waals surface area contributed by atoms with E-state index in [0.717, 1.165) is 16.9 Å². The molecule has 0 aliphatic carbocycles. The van der Waals surface area contributed by atoms with E-state index in [1.54, 1.807) is 0 Å². The van der Waals surface area contributed by atoms with Crippen molar-refractivity contribution >= 4 is 0 Å². The highest BCUT2D eigenvalue weighted by atomic mass is 16.5. The third kappa shape index (κ3) is 1.98. The second kappa shape index (κ2) is 4.12. The average molecular weight is 165 g/mol. The van der Waals surface area contributed by atoms with Gasteiger partial charge in [0.05, 0.1) is 6.61 Å². The first-order valence-corrected chi connectivity index (χ1v) is 3.96. The Morgan fingerprint density at radius 3 is 2.42 bits per heavy atom. The normalized spacial score (nSPS) is 9.92. The number of rotatable bonds is 3. The molecule has 2 heteroatoms. The molecule has 65 valence electrons. The zero-order chi connectivity index (χ0) is 8.97. The van der Waals surface area contributed by atoms with Crippen LogP contribution in [0.1, 0.15) is 11.1 Å². The summed E-state index contributed by atoms with van der Waals surface area (Å²) in [5.74, 6) is 0.864. The smallest absolute Gasteiger partial charge is 0.125 e. The molecule has 0 fully saturated rings. The summed E-state index contributed by atoms with van der Waals surface area (Å²) in [4.78, 5) is 0. The lowest BCUT2D eigenvalue weighted by atomic mass is 10.1. The van der Waals surface area contributed by atoms with E-state index in [4.69, 9.17) is 9.84 Å². The maximum absolute atomic E-state index is 8.58. The summed E-state index contributed by atoms with van der Waals surface area (Å²) in [6, 6.07) is 6.75. The van der Waals surface area contributed by atoms with Crippen molar-refractivity contribution in [3.05, 3.63) is 29.3 Å². The Labute approximate surface area is 72.8 Å². The van der Waals surface area contributed by atoms with Gasteiger partial charge in [-0.2, -0.15) is 0 Å². The third-order valence-electron chi connectivity index (χ3n) is 1.65. The van der Waals surface area contributed by atoms with Gasteiger partial charge in [0.1, 0.15) is 12.4 Å². The first kappa shape index (κ1) is 9.07. The lowest BCUT2D eigenvalue weighted by molar-refractivity contribution is 0.200. The molecule has 0 heterocycles. The SMILES string of the molecule is Cc1c[c]cc(C)c1OCCO. The molecule has 0 spiro atoms. The molecule has 0 bridgehead atoms. The molecule has 0 unspecified atom stereocenters. The van der Waals surface area contributed by atoms with E-state index < -0.39 is 0 Å². The van der Waals surface area contributed by atoms with Gasteiger partial charge in [-0.05, 0) is 43.2 Å². The molecule has 0 saturated carbocycles. The van der Waals surface area contributed by atoms with Crippen LogP contribution >= 0.6 is 0 Å². The van der Waals surface area contributed by atoms with E-state index in [2.05, 4.69) is 6.07 Å². The van der Waals surface area contributed by atoms with Crippen LogP contribution in [0.4, 0.5) is 0 Å². The topological polar surface area (TPSA) is 29.5 Å². The quantitative estimate of drug-likeness (QED) is 0.735. The number of aliphatic hydroxyl groups is 1. The van der Waals surface area contributed by atoms with Crippen molar-refractivity contribution in [3.8, 4) is 5.75 Å². The minimum Gasteiger partial charge on any atom is -0.491 e. The van der Waals surface area contributed by atoms with Crippen LogP contribution in [-0.4, -0.2) is 18.3 Å². The largest absolute Gasteiger partial charge is 0.491 e. The molecule has 1 aromatic carbocycles. The fourth-order valence-corrected chi connectivity index (χ4v) is 1.11. The van der Waals surface area contributed by atoms with Crippen molar-refractivity contribution in [1.29, 1.82) is 0 Å². The van der Waals surface area contributed by atoms with Crippen molar-refractivity contribution in [1.82, 2.24) is 0 Å². The van der Waals surface area contributed by atoms with Gasteiger partial charge in [-0.3, -0.25) is 0 Å². The molecule has 2 nitrogen and oxygen atoms in total. The van der Waals surface area contributed by atoms with Crippen LogP contribution in [0, 0.1) is 19.9 Å². The fraction of sp³-hybridized carbons (Fsp3) is 0.400. The number of hydrogen-bond acceptors (Lipinski definition) is 2. The van der Waals surface area contributed by atoms with Gasteiger partial charge in [0, 0.05) is 0 Å². The highest BCUT2D eigenvalue weighted by Gasteiger charge is 2.01. The van der Waals surface area contributed by atoms with E-state index in [0.29, 0.717) is 6.61 Å². The van der Waals surface area contributed by atoms with Crippen molar-refractivity contribution in [3.63, 3.8) is 0 Å². The summed E-state index contributed by atoms with van der Waals surface area (Å²) in [7, 11) is 0. The number of aryl methyl sites for hydroxylation is 2. The minimum atomic E-state index is 0.0531. The molecular formula is C10H13O2. The zero-order valence-corrected chi connectivity index (χ0v) is 7.42. The van der Waals surface area contributed by atoms with Crippen molar-refractivity contribution < 1.29 is 9.84 Å². The van der Waals surface area contributed by atoms with Crippen LogP contribution in [0.15, 0.2) is 12.1 Å². The van der Waals surface area contributed by atoms with Gasteiger partial charge in [-0.15, -0.1) is 0 Å². The molecule has 12 heavy (non-hydrogen) atoms. The van der Waals surface area contributed by atoms with Crippen LogP contribution in [0.3, 0.4) is 0 Å². The van der Waals surface area contributed by atoms with Crippen LogP contribution in [-0.2, 0) is 0 Å². The Balaban J connectivity index is 2.81. The van der Waals surface area contributed by atoms with Gasteiger partial charge in [-0.25, -0.2) is 0 Å². The molecule has 1 N–H and O–H groups in total. The molecule has 0 aliphatic rings. The van der Waals surface area contributed by atoms with Gasteiger partial charge < -0.3 is 9.84 Å².